The Balaban J connectivity index is 2.64. The zero-order chi connectivity index (χ0) is 16.9. The molecule has 0 spiro atoms. The SMILES string of the molecule is CC(C)(C#N)[C@H]1C=CC[C@H]2C[C@@H]1C([Si](C)(C)C)=C2[Si](C)(C)C. The van der Waals surface area contributed by atoms with Crippen molar-refractivity contribution in [3.63, 3.8) is 0 Å². The highest BCUT2D eigenvalue weighted by Gasteiger charge is 2.49. The minimum Gasteiger partial charge on any atom is -0.198 e. The van der Waals surface area contributed by atoms with E-state index in [2.05, 4.69) is 71.4 Å². The van der Waals surface area contributed by atoms with Gasteiger partial charge in [0.05, 0.1) is 27.6 Å². The Morgan fingerprint density at radius 3 is 2.05 bits per heavy atom. The zero-order valence-corrected chi connectivity index (χ0v) is 17.7. The van der Waals surface area contributed by atoms with Gasteiger partial charge in [-0.3, -0.25) is 0 Å². The van der Waals surface area contributed by atoms with Crippen LogP contribution >= 0.6 is 0 Å². The van der Waals surface area contributed by atoms with Crippen molar-refractivity contribution in [2.24, 2.45) is 23.2 Å². The summed E-state index contributed by atoms with van der Waals surface area (Å²) in [6.07, 6.45) is 7.26. The van der Waals surface area contributed by atoms with Crippen LogP contribution in [-0.2, 0) is 0 Å². The molecule has 22 heavy (non-hydrogen) atoms. The van der Waals surface area contributed by atoms with Crippen LogP contribution in [0.5, 0.6) is 0 Å². The molecule has 2 aliphatic carbocycles. The largest absolute Gasteiger partial charge is 0.198 e. The third-order valence-corrected chi connectivity index (χ3v) is 10.3. The van der Waals surface area contributed by atoms with Gasteiger partial charge in [0, 0.05) is 5.92 Å². The maximum atomic E-state index is 9.70. The first kappa shape index (κ1) is 17.8. The molecule has 0 saturated heterocycles. The van der Waals surface area contributed by atoms with Crippen molar-refractivity contribution in [2.45, 2.75) is 66.0 Å². The molecule has 0 saturated carbocycles. The van der Waals surface area contributed by atoms with Crippen molar-refractivity contribution < 1.29 is 0 Å². The van der Waals surface area contributed by atoms with Gasteiger partial charge in [-0.25, -0.2) is 0 Å². The van der Waals surface area contributed by atoms with Crippen molar-refractivity contribution in [1.82, 2.24) is 0 Å². The average Bonchev–Trinajstić information content (AvgIpc) is 2.57. The van der Waals surface area contributed by atoms with Gasteiger partial charge in [-0.1, -0.05) is 61.8 Å². The van der Waals surface area contributed by atoms with E-state index in [0.29, 0.717) is 11.8 Å². The third-order valence-electron chi connectivity index (χ3n) is 5.54. The fourth-order valence-electron chi connectivity index (χ4n) is 4.82. The van der Waals surface area contributed by atoms with Gasteiger partial charge < -0.3 is 0 Å². The lowest BCUT2D eigenvalue weighted by atomic mass is 9.72. The van der Waals surface area contributed by atoms with Crippen LogP contribution in [0.3, 0.4) is 0 Å². The first-order chi connectivity index (χ1) is 9.89. The van der Waals surface area contributed by atoms with Crippen LogP contribution in [0.25, 0.3) is 0 Å². The van der Waals surface area contributed by atoms with Gasteiger partial charge in [-0.2, -0.15) is 5.26 Å². The average molecular weight is 332 g/mol. The molecule has 0 amide bonds. The van der Waals surface area contributed by atoms with Crippen molar-refractivity contribution in [1.29, 1.82) is 5.26 Å². The highest BCUT2D eigenvalue weighted by Crippen LogP contribution is 2.54. The molecule has 1 nitrogen and oxygen atoms in total. The smallest absolute Gasteiger partial charge is 0.0722 e. The van der Waals surface area contributed by atoms with Crippen LogP contribution in [0, 0.1) is 34.5 Å². The summed E-state index contributed by atoms with van der Waals surface area (Å²) in [5.74, 6) is 1.76. The molecule has 0 heterocycles. The summed E-state index contributed by atoms with van der Waals surface area (Å²) in [4.78, 5) is 0. The third kappa shape index (κ3) is 3.05. The number of nitriles is 1. The summed E-state index contributed by atoms with van der Waals surface area (Å²) in [5.41, 5.74) is -0.268. The van der Waals surface area contributed by atoms with Gasteiger partial charge in [-0.15, -0.1) is 0 Å². The zero-order valence-electron chi connectivity index (χ0n) is 15.7. The summed E-state index contributed by atoms with van der Waals surface area (Å²) in [6, 6.07) is 2.60. The molecule has 0 radical (unpaired) electrons. The Morgan fingerprint density at radius 2 is 1.59 bits per heavy atom. The van der Waals surface area contributed by atoms with Crippen molar-refractivity contribution >= 4 is 16.1 Å². The maximum Gasteiger partial charge on any atom is 0.0722 e. The molecule has 2 aliphatic rings. The Hall–Kier alpha value is -0.596. The molecule has 0 aromatic heterocycles. The van der Waals surface area contributed by atoms with Crippen LogP contribution in [0.1, 0.15) is 26.7 Å². The summed E-state index contributed by atoms with van der Waals surface area (Å²) in [6.45, 7) is 19.4. The first-order valence-electron chi connectivity index (χ1n) is 8.72. The van der Waals surface area contributed by atoms with Crippen molar-refractivity contribution in [3.05, 3.63) is 22.5 Å². The number of allylic oxidation sites excluding steroid dienone is 4. The molecule has 0 N–H and O–H groups in total. The summed E-state index contributed by atoms with van der Waals surface area (Å²) in [5, 5.41) is 13.4. The molecule has 0 aromatic rings. The monoisotopic (exact) mass is 331 g/mol. The van der Waals surface area contributed by atoms with Gasteiger partial charge in [-0.05, 0) is 38.5 Å². The van der Waals surface area contributed by atoms with Gasteiger partial charge in [0.2, 0.25) is 0 Å². The number of hydrogen-bond acceptors (Lipinski definition) is 1. The van der Waals surface area contributed by atoms with Crippen molar-refractivity contribution in [3.8, 4) is 6.07 Å². The first-order valence-corrected chi connectivity index (χ1v) is 15.7. The fraction of sp³-hybridized carbons (Fsp3) is 0.737. The highest BCUT2D eigenvalue weighted by atomic mass is 28.3. The van der Waals surface area contributed by atoms with Gasteiger partial charge in [0.15, 0.2) is 0 Å². The molecule has 3 atom stereocenters. The molecule has 3 heteroatoms. The fourth-order valence-corrected chi connectivity index (χ4v) is 11.9. The standard InChI is InChI=1S/C19H33NSi2/c1-19(2,13-20)16-11-9-10-14-12-15(16)18(22(6,7)8)17(14)21(3,4)5/h9,11,14-16H,10,12H2,1-8H3/t14-,15-,16-/m0/s1. The highest BCUT2D eigenvalue weighted by molar-refractivity contribution is 6.89. The Kier molecular flexibility index (Phi) is 4.43. The summed E-state index contributed by atoms with van der Waals surface area (Å²) in [7, 11) is -2.67. The second kappa shape index (κ2) is 5.49. The maximum absolute atomic E-state index is 9.70. The summed E-state index contributed by atoms with van der Waals surface area (Å²) < 4.78 is 0. The van der Waals surface area contributed by atoms with Crippen molar-refractivity contribution in [2.75, 3.05) is 0 Å². The summed E-state index contributed by atoms with van der Waals surface area (Å²) >= 11 is 0. The molecule has 2 bridgehead atoms. The lowest BCUT2D eigenvalue weighted by Gasteiger charge is -2.38. The van der Waals surface area contributed by atoms with Crippen LogP contribution in [0.15, 0.2) is 22.5 Å². The second-order valence-corrected chi connectivity index (χ2v) is 20.0. The van der Waals surface area contributed by atoms with Crippen LogP contribution < -0.4 is 0 Å². The molecule has 0 unspecified atom stereocenters. The van der Waals surface area contributed by atoms with E-state index in [1.54, 1.807) is 0 Å². The molecule has 122 valence electrons. The molecular formula is C19H33NSi2. The Labute approximate surface area is 139 Å². The van der Waals surface area contributed by atoms with E-state index in [9.17, 15) is 5.26 Å². The van der Waals surface area contributed by atoms with Crippen LogP contribution in [0.2, 0.25) is 39.3 Å². The predicted molar refractivity (Wildman–Crippen MR) is 102 cm³/mol. The van der Waals surface area contributed by atoms with Gasteiger partial charge >= 0.3 is 0 Å². The number of rotatable bonds is 3. The van der Waals surface area contributed by atoms with E-state index in [0.717, 1.165) is 5.92 Å². The van der Waals surface area contributed by atoms with E-state index >= 15 is 0 Å². The van der Waals surface area contributed by atoms with E-state index in [-0.39, 0.29) is 5.41 Å². The Bertz CT molecular complexity index is 549. The molecular weight excluding hydrogens is 298 g/mol. The normalized spacial score (nSPS) is 29.5. The number of nitrogens with zero attached hydrogens (tertiary/aromatic N) is 1. The number of fused-ring (bicyclic) bond motifs is 2. The molecule has 0 aromatic carbocycles. The minimum atomic E-state index is -1.37. The predicted octanol–water partition coefficient (Wildman–Crippen LogP) is 5.80. The topological polar surface area (TPSA) is 23.8 Å². The lowest BCUT2D eigenvalue weighted by molar-refractivity contribution is 0.272. The Morgan fingerprint density at radius 1 is 1.05 bits per heavy atom. The number of hydrogen-bond donors (Lipinski definition) is 0. The van der Waals surface area contributed by atoms with E-state index in [1.807, 2.05) is 10.4 Å². The van der Waals surface area contributed by atoms with E-state index < -0.39 is 16.1 Å². The van der Waals surface area contributed by atoms with Gasteiger partial charge in [0.1, 0.15) is 0 Å². The minimum absolute atomic E-state index is 0.268. The molecule has 0 aliphatic heterocycles. The van der Waals surface area contributed by atoms with E-state index in [1.165, 1.54) is 12.8 Å². The quantitative estimate of drug-likeness (QED) is 0.473. The molecule has 0 fully saturated rings. The van der Waals surface area contributed by atoms with E-state index in [4.69, 9.17) is 0 Å². The lowest BCUT2D eigenvalue weighted by Crippen LogP contribution is -2.38. The van der Waals surface area contributed by atoms with Crippen LogP contribution in [0.4, 0.5) is 0 Å². The second-order valence-electron chi connectivity index (χ2n) is 9.89. The van der Waals surface area contributed by atoms with Gasteiger partial charge in [0.25, 0.3) is 0 Å². The van der Waals surface area contributed by atoms with Crippen LogP contribution in [-0.4, -0.2) is 16.1 Å². The molecule has 2 rings (SSSR count).